The molecule has 0 saturated carbocycles. The largest absolute Gasteiger partial charge is 0.453 e. The lowest BCUT2D eigenvalue weighted by molar-refractivity contribution is 0.481. The highest BCUT2D eigenvalue weighted by molar-refractivity contribution is 6.13. The van der Waals surface area contributed by atoms with E-state index in [0.717, 1.165) is 60.8 Å². The molecule has 0 saturated heterocycles. The van der Waals surface area contributed by atoms with Crippen molar-refractivity contribution in [2.45, 2.75) is 0 Å². The molecule has 0 amide bonds. The van der Waals surface area contributed by atoms with Crippen molar-refractivity contribution in [1.82, 2.24) is 19.1 Å². The van der Waals surface area contributed by atoms with Crippen molar-refractivity contribution in [2.75, 3.05) is 0 Å². The zero-order chi connectivity index (χ0) is 36.0. The quantitative estimate of drug-likeness (QED) is 0.183. The molecule has 0 unspecified atom stereocenters. The van der Waals surface area contributed by atoms with E-state index in [9.17, 15) is 0 Å². The molecule has 256 valence electrons. The molecule has 0 aliphatic carbocycles. The van der Waals surface area contributed by atoms with Gasteiger partial charge in [0.25, 0.3) is 0 Å². The first-order valence-electron chi connectivity index (χ1n) is 18.6. The van der Waals surface area contributed by atoms with Gasteiger partial charge in [0.15, 0.2) is 5.75 Å². The Labute approximate surface area is 316 Å². The van der Waals surface area contributed by atoms with E-state index in [-0.39, 0.29) is 0 Å². The van der Waals surface area contributed by atoms with E-state index < -0.39 is 0 Å². The third-order valence-electron chi connectivity index (χ3n) is 11.2. The Hall–Kier alpha value is -7.50. The first-order valence-corrected chi connectivity index (χ1v) is 18.6. The molecule has 0 spiro atoms. The Kier molecular flexibility index (Phi) is 6.27. The fraction of sp³-hybridized carbons (Fsp3) is 0. The zero-order valence-electron chi connectivity index (χ0n) is 29.5. The van der Waals surface area contributed by atoms with Crippen molar-refractivity contribution >= 4 is 54.4 Å². The van der Waals surface area contributed by atoms with Gasteiger partial charge in [-0.2, -0.15) is 0 Å². The number of ether oxygens (including phenoxy) is 1. The van der Waals surface area contributed by atoms with E-state index in [2.05, 4.69) is 173 Å². The maximum Gasteiger partial charge on any atom is 0.235 e. The summed E-state index contributed by atoms with van der Waals surface area (Å²) in [4.78, 5) is 10.1. The topological polar surface area (TPSA) is 44.9 Å². The average Bonchev–Trinajstić information content (AvgIpc) is 3.76. The van der Waals surface area contributed by atoms with E-state index in [1.54, 1.807) is 0 Å². The van der Waals surface area contributed by atoms with Crippen molar-refractivity contribution in [3.63, 3.8) is 0 Å². The van der Waals surface area contributed by atoms with Crippen LogP contribution in [0.2, 0.25) is 0 Å². The Morgan fingerprint density at radius 1 is 0.418 bits per heavy atom. The van der Waals surface area contributed by atoms with E-state index in [4.69, 9.17) is 14.7 Å². The summed E-state index contributed by atoms with van der Waals surface area (Å²) >= 11 is 0. The highest BCUT2D eigenvalue weighted by Gasteiger charge is 2.24. The van der Waals surface area contributed by atoms with Gasteiger partial charge >= 0.3 is 0 Å². The lowest BCUT2D eigenvalue weighted by atomic mass is 9.99. The summed E-state index contributed by atoms with van der Waals surface area (Å²) in [6.07, 6.45) is 1.81. The minimum absolute atomic E-state index is 0.614. The molecule has 0 fully saturated rings. The lowest BCUT2D eigenvalue weighted by Crippen LogP contribution is -2.06. The van der Waals surface area contributed by atoms with Crippen LogP contribution in [0.1, 0.15) is 0 Å². The fourth-order valence-corrected chi connectivity index (χ4v) is 8.70. The molecule has 1 aliphatic heterocycles. The average molecular weight is 703 g/mol. The zero-order valence-corrected chi connectivity index (χ0v) is 29.5. The molecule has 11 aromatic rings. The van der Waals surface area contributed by atoms with Gasteiger partial charge in [0.2, 0.25) is 5.95 Å². The fourth-order valence-electron chi connectivity index (χ4n) is 8.70. The third-order valence-corrected chi connectivity index (χ3v) is 11.2. The Balaban J connectivity index is 1.00. The number of para-hydroxylation sites is 2. The van der Waals surface area contributed by atoms with Crippen molar-refractivity contribution in [3.8, 4) is 56.6 Å². The smallest absolute Gasteiger partial charge is 0.235 e. The molecular weight excluding hydrogens is 673 g/mol. The van der Waals surface area contributed by atoms with Gasteiger partial charge in [-0.3, -0.25) is 4.57 Å². The van der Waals surface area contributed by atoms with Crippen molar-refractivity contribution in [1.29, 1.82) is 0 Å². The maximum absolute atomic E-state index is 6.33. The molecule has 1 aliphatic rings. The van der Waals surface area contributed by atoms with E-state index >= 15 is 0 Å². The van der Waals surface area contributed by atoms with Gasteiger partial charge in [-0.15, -0.1) is 0 Å². The van der Waals surface area contributed by atoms with Crippen LogP contribution >= 0.6 is 0 Å². The highest BCUT2D eigenvalue weighted by Crippen LogP contribution is 2.46. The Morgan fingerprint density at radius 3 is 1.78 bits per heavy atom. The minimum atomic E-state index is 0.614. The molecule has 3 aromatic heterocycles. The summed E-state index contributed by atoms with van der Waals surface area (Å²) in [6, 6.07) is 62.7. The van der Waals surface area contributed by atoms with Gasteiger partial charge in [-0.05, 0) is 82.2 Å². The number of fused-ring (bicyclic) bond motifs is 8. The van der Waals surface area contributed by atoms with Crippen LogP contribution in [-0.4, -0.2) is 19.1 Å². The number of nitrogens with zero attached hydrogens (tertiary/aromatic N) is 4. The Bertz CT molecular complexity index is 3350. The van der Waals surface area contributed by atoms with Crippen LogP contribution in [0.4, 0.5) is 0 Å². The molecule has 8 aromatic carbocycles. The summed E-state index contributed by atoms with van der Waals surface area (Å²) in [7, 11) is 0. The second kappa shape index (κ2) is 11.5. The molecule has 0 bridgehead atoms. The first kappa shape index (κ1) is 30.0. The standard InChI is InChI=1S/C50H30N4O/c1-2-11-31(12-3-1)33-15-8-16-36(27-33)53-42-20-6-4-17-37(42)40-28-34(23-25-44(40)53)35-24-26-45-41(29-35)38-18-5-7-21-43(38)54(45)50-51-30-47-49(52-50)39-19-9-13-32-14-10-22-46(55-47)48(32)39/h1-30H. The number of benzene rings is 8. The van der Waals surface area contributed by atoms with Gasteiger partial charge in [-0.25, -0.2) is 9.97 Å². The first-order chi connectivity index (χ1) is 27.3. The molecule has 0 N–H and O–H groups in total. The summed E-state index contributed by atoms with van der Waals surface area (Å²) in [5.74, 6) is 2.11. The van der Waals surface area contributed by atoms with Crippen LogP contribution in [0.3, 0.4) is 0 Å². The van der Waals surface area contributed by atoms with Crippen molar-refractivity contribution < 1.29 is 4.74 Å². The lowest BCUT2D eigenvalue weighted by Gasteiger charge is -2.20. The Morgan fingerprint density at radius 2 is 1.02 bits per heavy atom. The molecule has 4 heterocycles. The summed E-state index contributed by atoms with van der Waals surface area (Å²) < 4.78 is 10.9. The van der Waals surface area contributed by atoms with Crippen LogP contribution in [0.15, 0.2) is 182 Å². The van der Waals surface area contributed by atoms with Gasteiger partial charge in [0.05, 0.1) is 28.3 Å². The monoisotopic (exact) mass is 702 g/mol. The van der Waals surface area contributed by atoms with Gasteiger partial charge in [-0.1, -0.05) is 121 Å². The normalized spacial score (nSPS) is 12.1. The molecular formula is C50H30N4O. The molecule has 12 rings (SSSR count). The van der Waals surface area contributed by atoms with E-state index in [1.165, 1.54) is 38.5 Å². The molecule has 5 nitrogen and oxygen atoms in total. The van der Waals surface area contributed by atoms with Crippen LogP contribution in [0.5, 0.6) is 11.5 Å². The second-order valence-corrected chi connectivity index (χ2v) is 14.2. The number of aromatic nitrogens is 4. The second-order valence-electron chi connectivity index (χ2n) is 14.2. The van der Waals surface area contributed by atoms with Crippen molar-refractivity contribution in [3.05, 3.63) is 182 Å². The number of rotatable bonds is 4. The molecule has 0 radical (unpaired) electrons. The predicted octanol–water partition coefficient (Wildman–Crippen LogP) is 12.9. The van der Waals surface area contributed by atoms with Gasteiger partial charge in [0.1, 0.15) is 11.4 Å². The predicted molar refractivity (Wildman–Crippen MR) is 225 cm³/mol. The number of hydrogen-bond donors (Lipinski definition) is 0. The SMILES string of the molecule is c1ccc(-c2cccc(-n3c4ccccc4c4cc(-c5ccc6c(c5)c5ccccc5n6-c5ncc6c(n5)-c5cccc7cccc(c57)O6)ccc43)c2)cc1. The highest BCUT2D eigenvalue weighted by atomic mass is 16.5. The third kappa shape index (κ3) is 4.47. The molecule has 55 heavy (non-hydrogen) atoms. The summed E-state index contributed by atoms with van der Waals surface area (Å²) in [5.41, 5.74) is 12.2. The van der Waals surface area contributed by atoms with Crippen LogP contribution in [0, 0.1) is 0 Å². The van der Waals surface area contributed by atoms with Gasteiger partial charge in [0, 0.05) is 38.2 Å². The van der Waals surface area contributed by atoms with Crippen LogP contribution < -0.4 is 4.74 Å². The molecule has 5 heteroatoms. The van der Waals surface area contributed by atoms with Crippen LogP contribution in [-0.2, 0) is 0 Å². The minimum Gasteiger partial charge on any atom is -0.453 e. The molecule has 0 atom stereocenters. The van der Waals surface area contributed by atoms with Crippen molar-refractivity contribution in [2.24, 2.45) is 0 Å². The van der Waals surface area contributed by atoms with E-state index in [0.29, 0.717) is 11.7 Å². The number of hydrogen-bond acceptors (Lipinski definition) is 3. The van der Waals surface area contributed by atoms with Crippen LogP contribution in [0.25, 0.3) is 99.5 Å². The maximum atomic E-state index is 6.33. The van der Waals surface area contributed by atoms with E-state index in [1.807, 2.05) is 18.3 Å². The van der Waals surface area contributed by atoms with Gasteiger partial charge < -0.3 is 9.30 Å². The summed E-state index contributed by atoms with van der Waals surface area (Å²) in [5, 5.41) is 6.97. The summed E-state index contributed by atoms with van der Waals surface area (Å²) in [6.45, 7) is 0.